The second-order valence-corrected chi connectivity index (χ2v) is 8.37. The molecule has 0 N–H and O–H groups in total. The average Bonchev–Trinajstić information content (AvgIpc) is 2.53. The van der Waals surface area contributed by atoms with Gasteiger partial charge in [0.2, 0.25) is 15.9 Å². The summed E-state index contributed by atoms with van der Waals surface area (Å²) in [6.45, 7) is 0.109. The number of piperidine rings is 1. The van der Waals surface area contributed by atoms with E-state index in [2.05, 4.69) is 0 Å². The largest absolute Gasteiger partial charge is 0.416 e. The van der Waals surface area contributed by atoms with Crippen molar-refractivity contribution in [2.24, 2.45) is 5.92 Å². The van der Waals surface area contributed by atoms with Gasteiger partial charge >= 0.3 is 6.18 Å². The molecule has 1 aliphatic heterocycles. The zero-order valence-corrected chi connectivity index (χ0v) is 15.2. The second kappa shape index (κ2) is 7.13. The van der Waals surface area contributed by atoms with Crippen LogP contribution in [0.5, 0.6) is 0 Å². The number of amides is 1. The van der Waals surface area contributed by atoms with Crippen molar-refractivity contribution < 1.29 is 26.4 Å². The van der Waals surface area contributed by atoms with Gasteiger partial charge < -0.3 is 4.90 Å². The minimum Gasteiger partial charge on any atom is -0.349 e. The first kappa shape index (κ1) is 20.0. The molecule has 0 atom stereocenters. The fourth-order valence-corrected chi connectivity index (χ4v) is 4.69. The molecule has 1 heterocycles. The van der Waals surface area contributed by atoms with E-state index in [-0.39, 0.29) is 29.9 Å². The summed E-state index contributed by atoms with van der Waals surface area (Å²) in [5.41, 5.74) is -1.08. The van der Waals surface area contributed by atoms with Crippen LogP contribution < -0.4 is 0 Å². The molecule has 0 aromatic heterocycles. The highest BCUT2D eigenvalue weighted by Gasteiger charge is 2.36. The fourth-order valence-electron chi connectivity index (χ4n) is 2.72. The maximum Gasteiger partial charge on any atom is 0.416 e. The quantitative estimate of drug-likeness (QED) is 0.786. The molecule has 5 nitrogen and oxygen atoms in total. The molecule has 1 aliphatic rings. The lowest BCUT2D eigenvalue weighted by atomic mass is 9.97. The highest BCUT2D eigenvalue weighted by atomic mass is 35.5. The molecule has 1 aromatic carbocycles. The van der Waals surface area contributed by atoms with Gasteiger partial charge in [-0.2, -0.15) is 17.5 Å². The predicted molar refractivity (Wildman–Crippen MR) is 86.6 cm³/mol. The number of sulfonamides is 1. The molecule has 0 radical (unpaired) electrons. The number of carbonyl (C=O) groups is 1. The van der Waals surface area contributed by atoms with Crippen molar-refractivity contribution in [1.82, 2.24) is 9.21 Å². The Kier molecular flexibility index (Phi) is 5.70. The molecular weight excluding hydrogens is 381 g/mol. The van der Waals surface area contributed by atoms with Crippen LogP contribution >= 0.6 is 11.6 Å². The first-order valence-electron chi connectivity index (χ1n) is 7.52. The van der Waals surface area contributed by atoms with Gasteiger partial charge in [0.15, 0.2) is 0 Å². The fraction of sp³-hybridized carbons (Fsp3) is 0.533. The molecule has 140 valence electrons. The first-order chi connectivity index (χ1) is 11.4. The molecule has 0 saturated carbocycles. The highest BCUT2D eigenvalue weighted by Crippen LogP contribution is 2.35. The average molecular weight is 399 g/mol. The summed E-state index contributed by atoms with van der Waals surface area (Å²) in [6.07, 6.45) is -4.04. The van der Waals surface area contributed by atoms with Crippen molar-refractivity contribution in [1.29, 1.82) is 0 Å². The Labute approximate surface area is 149 Å². The Morgan fingerprint density at radius 1 is 1.24 bits per heavy atom. The van der Waals surface area contributed by atoms with Crippen LogP contribution in [-0.2, 0) is 21.0 Å². The smallest absolute Gasteiger partial charge is 0.349 e. The third kappa shape index (κ3) is 4.27. The summed E-state index contributed by atoms with van der Waals surface area (Å²) in [5, 5.41) is -0.264. The molecule has 0 bridgehead atoms. The zero-order chi connectivity index (χ0) is 19.0. The number of hydrogen-bond acceptors (Lipinski definition) is 3. The van der Waals surface area contributed by atoms with E-state index in [4.69, 9.17) is 11.6 Å². The van der Waals surface area contributed by atoms with E-state index >= 15 is 0 Å². The molecule has 1 aromatic rings. The van der Waals surface area contributed by atoms with Crippen LogP contribution in [0.2, 0.25) is 5.02 Å². The lowest BCUT2D eigenvalue weighted by Crippen LogP contribution is -2.42. The van der Waals surface area contributed by atoms with E-state index in [1.165, 1.54) is 4.90 Å². The molecule has 1 saturated heterocycles. The molecule has 10 heteroatoms. The topological polar surface area (TPSA) is 57.7 Å². The molecular formula is C15H18ClF3N2O3S. The van der Waals surface area contributed by atoms with Crippen LogP contribution in [-0.4, -0.2) is 50.7 Å². The Bertz CT molecular complexity index is 758. The van der Waals surface area contributed by atoms with E-state index in [1.54, 1.807) is 14.1 Å². The number of alkyl halides is 3. The van der Waals surface area contributed by atoms with Gasteiger partial charge in [-0.25, -0.2) is 8.42 Å². The Hall–Kier alpha value is -1.32. The highest BCUT2D eigenvalue weighted by molar-refractivity contribution is 7.89. The van der Waals surface area contributed by atoms with Crippen LogP contribution in [0.25, 0.3) is 0 Å². The zero-order valence-electron chi connectivity index (χ0n) is 13.7. The monoisotopic (exact) mass is 398 g/mol. The number of carbonyl (C=O) groups excluding carboxylic acids is 1. The third-order valence-corrected chi connectivity index (χ3v) is 6.50. The van der Waals surface area contributed by atoms with Crippen LogP contribution in [0, 0.1) is 5.92 Å². The van der Waals surface area contributed by atoms with E-state index in [0.717, 1.165) is 16.4 Å². The van der Waals surface area contributed by atoms with Crippen LogP contribution in [0.15, 0.2) is 23.1 Å². The van der Waals surface area contributed by atoms with Gasteiger partial charge in [0, 0.05) is 33.1 Å². The maximum absolute atomic E-state index is 12.9. The van der Waals surface area contributed by atoms with E-state index in [9.17, 15) is 26.4 Å². The van der Waals surface area contributed by atoms with Gasteiger partial charge in [0.1, 0.15) is 4.90 Å². The van der Waals surface area contributed by atoms with E-state index in [1.807, 2.05) is 0 Å². The summed E-state index contributed by atoms with van der Waals surface area (Å²) in [5.74, 6) is -0.382. The van der Waals surface area contributed by atoms with Gasteiger partial charge in [-0.15, -0.1) is 0 Å². The Balaban J connectivity index is 2.25. The van der Waals surface area contributed by atoms with E-state index in [0.29, 0.717) is 18.9 Å². The number of rotatable bonds is 3. The Morgan fingerprint density at radius 3 is 2.28 bits per heavy atom. The molecule has 0 aliphatic carbocycles. The summed E-state index contributed by atoms with van der Waals surface area (Å²) in [6, 6.07) is 2.22. The molecule has 1 amide bonds. The minimum atomic E-state index is -4.67. The number of halogens is 4. The third-order valence-electron chi connectivity index (χ3n) is 4.12. The summed E-state index contributed by atoms with van der Waals surface area (Å²) in [7, 11) is -0.931. The van der Waals surface area contributed by atoms with Crippen molar-refractivity contribution >= 4 is 27.5 Å². The van der Waals surface area contributed by atoms with Crippen LogP contribution in [0.3, 0.4) is 0 Å². The molecule has 0 spiro atoms. The molecule has 0 unspecified atom stereocenters. The summed E-state index contributed by atoms with van der Waals surface area (Å²) in [4.78, 5) is 12.8. The standard InChI is InChI=1S/C15H18ClF3N2O3S/c1-20(2)14(22)10-5-7-21(8-6-10)25(23,24)13-9-11(15(17,18)19)3-4-12(13)16/h3-4,9-10H,5-8H2,1-2H3. The lowest BCUT2D eigenvalue weighted by Gasteiger charge is -2.32. The maximum atomic E-state index is 12.9. The number of benzene rings is 1. The molecule has 2 rings (SSSR count). The number of hydrogen-bond donors (Lipinski definition) is 0. The SMILES string of the molecule is CN(C)C(=O)C1CCN(S(=O)(=O)c2cc(C(F)(F)F)ccc2Cl)CC1. The van der Waals surface area contributed by atoms with Gasteiger partial charge in [-0.1, -0.05) is 11.6 Å². The van der Waals surface area contributed by atoms with Crippen molar-refractivity contribution in [3.05, 3.63) is 28.8 Å². The van der Waals surface area contributed by atoms with Gasteiger partial charge in [-0.05, 0) is 31.0 Å². The first-order valence-corrected chi connectivity index (χ1v) is 9.34. The van der Waals surface area contributed by atoms with Gasteiger partial charge in [-0.3, -0.25) is 4.79 Å². The van der Waals surface area contributed by atoms with Gasteiger partial charge in [0.05, 0.1) is 10.6 Å². The normalized spacial score (nSPS) is 17.5. The van der Waals surface area contributed by atoms with Crippen LogP contribution in [0.4, 0.5) is 13.2 Å². The second-order valence-electron chi connectivity index (χ2n) is 6.05. The van der Waals surface area contributed by atoms with Crippen molar-refractivity contribution in [2.75, 3.05) is 27.2 Å². The Morgan fingerprint density at radius 2 is 1.80 bits per heavy atom. The predicted octanol–water partition coefficient (Wildman–Crippen LogP) is 2.85. The van der Waals surface area contributed by atoms with Crippen molar-refractivity contribution in [3.8, 4) is 0 Å². The molecule has 25 heavy (non-hydrogen) atoms. The summed E-state index contributed by atoms with van der Waals surface area (Å²) < 4.78 is 65.0. The lowest BCUT2D eigenvalue weighted by molar-refractivity contribution is -0.137. The van der Waals surface area contributed by atoms with Crippen LogP contribution in [0.1, 0.15) is 18.4 Å². The van der Waals surface area contributed by atoms with E-state index < -0.39 is 26.7 Å². The van der Waals surface area contributed by atoms with Crippen molar-refractivity contribution in [2.45, 2.75) is 23.9 Å². The van der Waals surface area contributed by atoms with Gasteiger partial charge in [0.25, 0.3) is 0 Å². The number of nitrogens with zero attached hydrogens (tertiary/aromatic N) is 2. The van der Waals surface area contributed by atoms with Crippen molar-refractivity contribution in [3.63, 3.8) is 0 Å². The molecule has 1 fully saturated rings. The summed E-state index contributed by atoms with van der Waals surface area (Å²) >= 11 is 5.84. The minimum absolute atomic E-state index is 0.0547.